The van der Waals surface area contributed by atoms with Crippen LogP contribution in [0.1, 0.15) is 23.7 Å². The molecule has 0 spiro atoms. The lowest BCUT2D eigenvalue weighted by Crippen LogP contribution is -2.23. The number of benzene rings is 1. The molecule has 0 fully saturated rings. The summed E-state index contributed by atoms with van der Waals surface area (Å²) >= 11 is 0. The average Bonchev–Trinajstić information content (AvgIpc) is 2.34. The van der Waals surface area contributed by atoms with Crippen LogP contribution < -0.4 is 5.32 Å². The Bertz CT molecular complexity index is 415. The van der Waals surface area contributed by atoms with Crippen LogP contribution in [0.2, 0.25) is 0 Å². The van der Waals surface area contributed by atoms with Crippen LogP contribution in [0.4, 0.5) is 0 Å². The van der Waals surface area contributed by atoms with E-state index in [1.807, 2.05) is 6.07 Å². The maximum Gasteiger partial charge on any atom is 0.133 e. The van der Waals surface area contributed by atoms with Gasteiger partial charge in [0.25, 0.3) is 0 Å². The lowest BCUT2D eigenvalue weighted by molar-refractivity contribution is 0.0139. The van der Waals surface area contributed by atoms with Gasteiger partial charge in [-0.05, 0) is 37.7 Å². The fraction of sp³-hybridized carbons (Fsp3) is 0.417. The Kier molecular flexibility index (Phi) is 4.91. The summed E-state index contributed by atoms with van der Waals surface area (Å²) in [4.78, 5) is 0. The first-order valence-corrected chi connectivity index (χ1v) is 5.34. The molecule has 5 heteroatoms. The number of hydrogen-bond donors (Lipinski definition) is 4. The molecule has 0 aliphatic rings. The number of nitrogens with one attached hydrogen (secondary N) is 1. The van der Waals surface area contributed by atoms with Gasteiger partial charge in [0, 0.05) is 0 Å². The van der Waals surface area contributed by atoms with Gasteiger partial charge >= 0.3 is 0 Å². The van der Waals surface area contributed by atoms with Crippen LogP contribution in [0, 0.1) is 11.3 Å². The number of aliphatic hydroxyl groups is 2. The predicted octanol–water partition coefficient (Wildman–Crippen LogP) is 0.268. The average molecular weight is 236 g/mol. The summed E-state index contributed by atoms with van der Waals surface area (Å²) in [5.41, 5.74) is 0.538. The summed E-state index contributed by atoms with van der Waals surface area (Å²) in [7, 11) is 1.76. The zero-order chi connectivity index (χ0) is 12.8. The Morgan fingerprint density at radius 1 is 1.41 bits per heavy atom. The van der Waals surface area contributed by atoms with Crippen molar-refractivity contribution in [2.24, 2.45) is 0 Å². The zero-order valence-electron chi connectivity index (χ0n) is 9.59. The third-order valence-corrected chi connectivity index (χ3v) is 2.54. The van der Waals surface area contributed by atoms with Gasteiger partial charge in [-0.15, -0.1) is 0 Å². The molecule has 4 N–H and O–H groups in total. The van der Waals surface area contributed by atoms with Crippen molar-refractivity contribution < 1.29 is 15.3 Å². The van der Waals surface area contributed by atoms with E-state index in [0.29, 0.717) is 18.5 Å². The summed E-state index contributed by atoms with van der Waals surface area (Å²) in [5, 5.41) is 40.5. The minimum Gasteiger partial charge on any atom is -0.507 e. The molecular weight excluding hydrogens is 220 g/mol. The molecule has 0 saturated carbocycles. The van der Waals surface area contributed by atoms with E-state index in [0.717, 1.165) is 0 Å². The summed E-state index contributed by atoms with van der Waals surface area (Å²) in [6.45, 7) is 0.584. The van der Waals surface area contributed by atoms with E-state index in [1.165, 1.54) is 18.2 Å². The van der Waals surface area contributed by atoms with Crippen LogP contribution in [0.15, 0.2) is 18.2 Å². The third-order valence-electron chi connectivity index (χ3n) is 2.54. The van der Waals surface area contributed by atoms with E-state index in [9.17, 15) is 15.3 Å². The molecule has 1 rings (SSSR count). The van der Waals surface area contributed by atoms with Crippen molar-refractivity contribution in [1.29, 1.82) is 5.26 Å². The van der Waals surface area contributed by atoms with Crippen molar-refractivity contribution in [3.05, 3.63) is 29.3 Å². The Morgan fingerprint density at radius 2 is 2.12 bits per heavy atom. The quantitative estimate of drug-likeness (QED) is 0.588. The van der Waals surface area contributed by atoms with Crippen LogP contribution in [-0.4, -0.2) is 35.0 Å². The van der Waals surface area contributed by atoms with Gasteiger partial charge in [0.2, 0.25) is 0 Å². The van der Waals surface area contributed by atoms with Gasteiger partial charge in [-0.3, -0.25) is 0 Å². The molecule has 0 aromatic heterocycles. The summed E-state index contributed by atoms with van der Waals surface area (Å²) in [6, 6.07) is 6.05. The molecule has 0 saturated heterocycles. The summed E-state index contributed by atoms with van der Waals surface area (Å²) in [6.07, 6.45) is -1.57. The molecule has 2 unspecified atom stereocenters. The first kappa shape index (κ1) is 13.5. The van der Waals surface area contributed by atoms with E-state index in [-0.39, 0.29) is 11.3 Å². The molecule has 5 nitrogen and oxygen atoms in total. The van der Waals surface area contributed by atoms with Crippen molar-refractivity contribution in [3.63, 3.8) is 0 Å². The fourth-order valence-electron chi connectivity index (χ4n) is 1.50. The van der Waals surface area contributed by atoms with Gasteiger partial charge in [0.15, 0.2) is 0 Å². The van der Waals surface area contributed by atoms with E-state index in [1.54, 1.807) is 7.05 Å². The molecule has 17 heavy (non-hydrogen) atoms. The number of nitrogens with zero attached hydrogens (tertiary/aromatic N) is 1. The number of nitriles is 1. The van der Waals surface area contributed by atoms with Gasteiger partial charge in [-0.2, -0.15) is 5.26 Å². The Hall–Kier alpha value is -1.61. The Labute approximate surface area is 99.9 Å². The van der Waals surface area contributed by atoms with E-state index >= 15 is 0 Å². The van der Waals surface area contributed by atoms with Crippen LogP contribution in [-0.2, 0) is 0 Å². The fourth-order valence-corrected chi connectivity index (χ4v) is 1.50. The van der Waals surface area contributed by atoms with Gasteiger partial charge in [0.05, 0.1) is 11.7 Å². The largest absolute Gasteiger partial charge is 0.507 e. The molecule has 1 aromatic carbocycles. The van der Waals surface area contributed by atoms with E-state index in [4.69, 9.17) is 5.26 Å². The zero-order valence-corrected chi connectivity index (χ0v) is 9.59. The van der Waals surface area contributed by atoms with Crippen molar-refractivity contribution >= 4 is 0 Å². The number of rotatable bonds is 5. The summed E-state index contributed by atoms with van der Waals surface area (Å²) in [5.74, 6) is -0.190. The molecule has 0 aliphatic heterocycles. The van der Waals surface area contributed by atoms with Crippen molar-refractivity contribution in [3.8, 4) is 11.8 Å². The second kappa shape index (κ2) is 6.21. The predicted molar refractivity (Wildman–Crippen MR) is 62.3 cm³/mol. The highest BCUT2D eigenvalue weighted by atomic mass is 16.3. The van der Waals surface area contributed by atoms with E-state index in [2.05, 4.69) is 5.32 Å². The van der Waals surface area contributed by atoms with Crippen molar-refractivity contribution in [2.45, 2.75) is 18.6 Å². The second-order valence-electron chi connectivity index (χ2n) is 3.79. The molecule has 0 radical (unpaired) electrons. The van der Waals surface area contributed by atoms with Crippen LogP contribution in [0.25, 0.3) is 0 Å². The molecule has 0 heterocycles. The number of aromatic hydroxyl groups is 1. The highest BCUT2D eigenvalue weighted by Gasteiger charge is 2.18. The van der Waals surface area contributed by atoms with Gasteiger partial charge < -0.3 is 20.6 Å². The third kappa shape index (κ3) is 3.43. The number of aliphatic hydroxyl groups excluding tert-OH is 2. The number of hydrogen-bond acceptors (Lipinski definition) is 5. The smallest absolute Gasteiger partial charge is 0.133 e. The maximum absolute atomic E-state index is 9.83. The second-order valence-corrected chi connectivity index (χ2v) is 3.79. The molecule has 0 bridgehead atoms. The highest BCUT2D eigenvalue weighted by molar-refractivity contribution is 5.44. The Morgan fingerprint density at radius 3 is 2.65 bits per heavy atom. The lowest BCUT2D eigenvalue weighted by Gasteiger charge is -2.18. The highest BCUT2D eigenvalue weighted by Crippen LogP contribution is 2.25. The SMILES string of the molecule is CNCCC(O)C(O)c1ccc(C#N)c(O)c1. The van der Waals surface area contributed by atoms with Crippen molar-refractivity contribution in [1.82, 2.24) is 5.32 Å². The molecule has 0 aliphatic carbocycles. The minimum absolute atomic E-state index is 0.144. The number of phenols is 1. The molecular formula is C12H16N2O3. The maximum atomic E-state index is 9.83. The molecule has 0 amide bonds. The van der Waals surface area contributed by atoms with Gasteiger partial charge in [-0.25, -0.2) is 0 Å². The van der Waals surface area contributed by atoms with Gasteiger partial charge in [0.1, 0.15) is 17.9 Å². The number of phenolic OH excluding ortho intramolecular Hbond substituents is 1. The van der Waals surface area contributed by atoms with Gasteiger partial charge in [-0.1, -0.05) is 6.07 Å². The monoisotopic (exact) mass is 236 g/mol. The normalized spacial score (nSPS) is 14.0. The Balaban J connectivity index is 2.79. The minimum atomic E-state index is -1.07. The van der Waals surface area contributed by atoms with Crippen molar-refractivity contribution in [2.75, 3.05) is 13.6 Å². The van der Waals surface area contributed by atoms with E-state index < -0.39 is 12.2 Å². The molecule has 1 aromatic rings. The first-order valence-electron chi connectivity index (χ1n) is 5.34. The van der Waals surface area contributed by atoms with Crippen LogP contribution >= 0.6 is 0 Å². The molecule has 2 atom stereocenters. The summed E-state index contributed by atoms with van der Waals surface area (Å²) < 4.78 is 0. The lowest BCUT2D eigenvalue weighted by atomic mass is 10.0. The standard InChI is InChI=1S/C12H16N2O3/c1-14-5-4-10(15)12(17)8-2-3-9(7-13)11(16)6-8/h2-3,6,10,12,14-17H,4-5H2,1H3. The van der Waals surface area contributed by atoms with Crippen LogP contribution in [0.3, 0.4) is 0 Å². The van der Waals surface area contributed by atoms with Crippen LogP contribution in [0.5, 0.6) is 5.75 Å². The first-order chi connectivity index (χ1) is 8.10. The molecule has 92 valence electrons. The topological polar surface area (TPSA) is 96.5 Å².